The highest BCUT2D eigenvalue weighted by Crippen LogP contribution is 2.12. The molecule has 4 nitrogen and oxygen atoms in total. The first-order chi connectivity index (χ1) is 7.93. The van der Waals surface area contributed by atoms with E-state index in [9.17, 15) is 12.8 Å². The molecule has 1 rings (SSSR count). The van der Waals surface area contributed by atoms with Crippen molar-refractivity contribution >= 4 is 27.2 Å². The van der Waals surface area contributed by atoms with E-state index in [-0.39, 0.29) is 11.4 Å². The van der Waals surface area contributed by atoms with Crippen LogP contribution in [-0.2, 0) is 10.0 Å². The summed E-state index contributed by atoms with van der Waals surface area (Å²) in [5, 5.41) is 0. The molecule has 0 aromatic heterocycles. The van der Waals surface area contributed by atoms with Crippen LogP contribution >= 0.6 is 12.2 Å². The van der Waals surface area contributed by atoms with Crippen LogP contribution in [0.1, 0.15) is 12.8 Å². The van der Waals surface area contributed by atoms with Crippen LogP contribution in [0.3, 0.4) is 0 Å². The second-order valence-electron chi connectivity index (χ2n) is 3.40. The second kappa shape index (κ2) is 6.04. The van der Waals surface area contributed by atoms with Gasteiger partial charge in [0, 0.05) is 6.54 Å². The third-order valence-electron chi connectivity index (χ3n) is 2.02. The lowest BCUT2D eigenvalue weighted by Crippen LogP contribution is -2.26. The van der Waals surface area contributed by atoms with Gasteiger partial charge >= 0.3 is 0 Å². The zero-order valence-electron chi connectivity index (χ0n) is 9.02. The smallest absolute Gasteiger partial charge is 0.243 e. The highest BCUT2D eigenvalue weighted by atomic mass is 32.2. The second-order valence-corrected chi connectivity index (χ2v) is 5.66. The summed E-state index contributed by atoms with van der Waals surface area (Å²) >= 11 is 4.66. The van der Waals surface area contributed by atoms with Gasteiger partial charge in [0.1, 0.15) is 10.7 Å². The van der Waals surface area contributed by atoms with Crippen LogP contribution in [0.2, 0.25) is 0 Å². The van der Waals surface area contributed by atoms with Gasteiger partial charge in [-0.15, -0.1) is 0 Å². The Kier molecular flexibility index (Phi) is 4.98. The van der Waals surface area contributed by atoms with Crippen molar-refractivity contribution in [2.24, 2.45) is 5.73 Å². The summed E-state index contributed by atoms with van der Waals surface area (Å²) < 4.78 is 38.9. The number of hydrogen-bond donors (Lipinski definition) is 2. The van der Waals surface area contributed by atoms with Crippen LogP contribution in [0, 0.1) is 5.82 Å². The quantitative estimate of drug-likeness (QED) is 0.604. The van der Waals surface area contributed by atoms with E-state index in [0.717, 1.165) is 6.07 Å². The van der Waals surface area contributed by atoms with E-state index < -0.39 is 15.8 Å². The summed E-state index contributed by atoms with van der Waals surface area (Å²) in [6, 6.07) is 5.21. The van der Waals surface area contributed by atoms with E-state index in [2.05, 4.69) is 16.9 Å². The van der Waals surface area contributed by atoms with Gasteiger partial charge < -0.3 is 5.73 Å². The highest BCUT2D eigenvalue weighted by Gasteiger charge is 2.17. The zero-order chi connectivity index (χ0) is 12.9. The maximum Gasteiger partial charge on any atom is 0.243 e. The molecule has 0 radical (unpaired) electrons. The molecule has 1 aromatic rings. The molecule has 0 spiro atoms. The Morgan fingerprint density at radius 3 is 2.65 bits per heavy atom. The predicted octanol–water partition coefficient (Wildman–Crippen LogP) is 1.17. The summed E-state index contributed by atoms with van der Waals surface area (Å²) in [5.74, 6) is -0.769. The molecular weight excluding hydrogens is 263 g/mol. The van der Waals surface area contributed by atoms with Gasteiger partial charge in [-0.25, -0.2) is 17.5 Å². The summed E-state index contributed by atoms with van der Waals surface area (Å²) in [6.45, 7) is 0.175. The van der Waals surface area contributed by atoms with E-state index in [1.807, 2.05) is 0 Å². The molecule has 0 aliphatic heterocycles. The SMILES string of the molecule is NC(=S)CCCNS(=O)(=O)c1ccccc1F. The highest BCUT2D eigenvalue weighted by molar-refractivity contribution is 7.89. The molecule has 0 heterocycles. The number of halogens is 1. The monoisotopic (exact) mass is 276 g/mol. The number of sulfonamides is 1. The molecule has 3 N–H and O–H groups in total. The summed E-state index contributed by atoms with van der Waals surface area (Å²) in [6.07, 6.45) is 0.943. The van der Waals surface area contributed by atoms with E-state index in [0.29, 0.717) is 17.8 Å². The molecule has 7 heteroatoms. The maximum atomic E-state index is 13.3. The number of hydrogen-bond acceptors (Lipinski definition) is 3. The number of rotatable bonds is 6. The molecule has 0 aliphatic carbocycles. The maximum absolute atomic E-state index is 13.3. The minimum atomic E-state index is -3.80. The van der Waals surface area contributed by atoms with Gasteiger partial charge in [-0.05, 0) is 25.0 Å². The topological polar surface area (TPSA) is 72.2 Å². The normalized spacial score (nSPS) is 11.4. The lowest BCUT2D eigenvalue weighted by Gasteiger charge is -2.06. The minimum Gasteiger partial charge on any atom is -0.393 e. The Hall–Kier alpha value is -1.05. The van der Waals surface area contributed by atoms with Crippen molar-refractivity contribution in [2.45, 2.75) is 17.7 Å². The molecule has 0 aliphatic rings. The van der Waals surface area contributed by atoms with Gasteiger partial charge in [-0.1, -0.05) is 24.4 Å². The Labute approximate surface area is 105 Å². The summed E-state index contributed by atoms with van der Waals surface area (Å²) in [7, 11) is -3.80. The van der Waals surface area contributed by atoms with Crippen molar-refractivity contribution in [2.75, 3.05) is 6.54 Å². The van der Waals surface area contributed by atoms with Gasteiger partial charge in [0.25, 0.3) is 0 Å². The standard InChI is InChI=1S/C10H13FN2O2S2/c11-8-4-1-2-5-9(8)17(14,15)13-7-3-6-10(12)16/h1-2,4-5,13H,3,6-7H2,(H2,12,16). The first-order valence-corrected chi connectivity index (χ1v) is 6.85. The summed E-state index contributed by atoms with van der Waals surface area (Å²) in [5.41, 5.74) is 5.27. The van der Waals surface area contributed by atoms with Gasteiger partial charge in [0.15, 0.2) is 0 Å². The Bertz CT molecular complexity index is 503. The molecule has 0 fully saturated rings. The van der Waals surface area contributed by atoms with Crippen molar-refractivity contribution in [3.8, 4) is 0 Å². The Balaban J connectivity index is 2.64. The largest absolute Gasteiger partial charge is 0.393 e. The van der Waals surface area contributed by atoms with E-state index >= 15 is 0 Å². The van der Waals surface area contributed by atoms with Crippen LogP contribution < -0.4 is 10.5 Å². The van der Waals surface area contributed by atoms with Crippen molar-refractivity contribution in [1.29, 1.82) is 0 Å². The molecular formula is C10H13FN2O2S2. The zero-order valence-corrected chi connectivity index (χ0v) is 10.7. The van der Waals surface area contributed by atoms with Crippen molar-refractivity contribution in [3.63, 3.8) is 0 Å². The van der Waals surface area contributed by atoms with Gasteiger partial charge in [0.05, 0.1) is 4.99 Å². The molecule has 0 saturated heterocycles. The van der Waals surface area contributed by atoms with Gasteiger partial charge in [-0.2, -0.15) is 0 Å². The van der Waals surface area contributed by atoms with Crippen LogP contribution in [0.4, 0.5) is 4.39 Å². The fourth-order valence-corrected chi connectivity index (χ4v) is 2.50. The van der Waals surface area contributed by atoms with E-state index in [1.165, 1.54) is 18.2 Å². The first kappa shape index (κ1) is 14.0. The molecule has 1 aromatic carbocycles. The molecule has 0 atom stereocenters. The molecule has 17 heavy (non-hydrogen) atoms. The van der Waals surface area contributed by atoms with E-state index in [1.54, 1.807) is 0 Å². The third kappa shape index (κ3) is 4.37. The predicted molar refractivity (Wildman–Crippen MR) is 67.6 cm³/mol. The fourth-order valence-electron chi connectivity index (χ4n) is 1.21. The summed E-state index contributed by atoms with van der Waals surface area (Å²) in [4.78, 5) is -0.0228. The van der Waals surface area contributed by atoms with Crippen molar-refractivity contribution in [1.82, 2.24) is 4.72 Å². The van der Waals surface area contributed by atoms with Crippen molar-refractivity contribution < 1.29 is 12.8 Å². The number of thiocarbonyl (C=S) groups is 1. The number of nitrogens with one attached hydrogen (secondary N) is 1. The van der Waals surface area contributed by atoms with E-state index in [4.69, 9.17) is 5.73 Å². The average Bonchev–Trinajstić information content (AvgIpc) is 2.24. The van der Waals surface area contributed by atoms with Crippen LogP contribution in [0.5, 0.6) is 0 Å². The fraction of sp³-hybridized carbons (Fsp3) is 0.300. The Morgan fingerprint density at radius 1 is 1.41 bits per heavy atom. The molecule has 0 bridgehead atoms. The van der Waals surface area contributed by atoms with Crippen LogP contribution in [0.15, 0.2) is 29.2 Å². The lowest BCUT2D eigenvalue weighted by atomic mass is 10.3. The molecule has 0 amide bonds. The van der Waals surface area contributed by atoms with Crippen LogP contribution in [0.25, 0.3) is 0 Å². The first-order valence-electron chi connectivity index (χ1n) is 4.96. The molecule has 0 saturated carbocycles. The van der Waals surface area contributed by atoms with Crippen LogP contribution in [-0.4, -0.2) is 20.0 Å². The minimum absolute atomic E-state index is 0.175. The Morgan fingerprint density at radius 2 is 2.06 bits per heavy atom. The number of benzene rings is 1. The van der Waals surface area contributed by atoms with Gasteiger partial charge in [0.2, 0.25) is 10.0 Å². The van der Waals surface area contributed by atoms with Gasteiger partial charge in [-0.3, -0.25) is 0 Å². The van der Waals surface area contributed by atoms with Crippen molar-refractivity contribution in [3.05, 3.63) is 30.1 Å². The third-order valence-corrected chi connectivity index (χ3v) is 3.72. The molecule has 94 valence electrons. The molecule has 0 unspecified atom stereocenters. The number of nitrogens with two attached hydrogens (primary N) is 1. The average molecular weight is 276 g/mol. The lowest BCUT2D eigenvalue weighted by molar-refractivity contribution is 0.556.